The van der Waals surface area contributed by atoms with E-state index >= 15 is 0 Å². The SMILES string of the molecule is CNC(C)c1ccccc1OCc1ccc([N+](=O)[O-])cc1. The van der Waals surface area contributed by atoms with Gasteiger partial charge < -0.3 is 10.1 Å². The number of nitro benzene ring substituents is 1. The molecule has 2 aromatic rings. The van der Waals surface area contributed by atoms with Crippen LogP contribution in [0.25, 0.3) is 0 Å². The van der Waals surface area contributed by atoms with Crippen molar-refractivity contribution in [3.8, 4) is 5.75 Å². The molecule has 0 saturated heterocycles. The van der Waals surface area contributed by atoms with Crippen LogP contribution in [0.4, 0.5) is 5.69 Å². The summed E-state index contributed by atoms with van der Waals surface area (Å²) < 4.78 is 5.84. The fraction of sp³-hybridized carbons (Fsp3) is 0.250. The van der Waals surface area contributed by atoms with Gasteiger partial charge in [0.05, 0.1) is 4.92 Å². The van der Waals surface area contributed by atoms with Crippen LogP contribution in [-0.4, -0.2) is 12.0 Å². The molecule has 21 heavy (non-hydrogen) atoms. The lowest BCUT2D eigenvalue weighted by Gasteiger charge is -2.16. The Morgan fingerprint density at radius 1 is 1.19 bits per heavy atom. The van der Waals surface area contributed by atoms with Crippen molar-refractivity contribution in [2.45, 2.75) is 19.6 Å². The number of hydrogen-bond donors (Lipinski definition) is 1. The molecule has 0 fully saturated rings. The molecule has 5 nitrogen and oxygen atoms in total. The summed E-state index contributed by atoms with van der Waals surface area (Å²) in [6, 6.07) is 14.4. The smallest absolute Gasteiger partial charge is 0.269 e. The second-order valence-electron chi connectivity index (χ2n) is 4.76. The Kier molecular flexibility index (Phi) is 4.90. The molecule has 0 saturated carbocycles. The Bertz CT molecular complexity index is 611. The first kappa shape index (κ1) is 15.0. The van der Waals surface area contributed by atoms with Gasteiger partial charge in [0, 0.05) is 23.7 Å². The van der Waals surface area contributed by atoms with Gasteiger partial charge in [-0.3, -0.25) is 10.1 Å². The quantitative estimate of drug-likeness (QED) is 0.652. The third-order valence-corrected chi connectivity index (χ3v) is 3.36. The van der Waals surface area contributed by atoms with Crippen LogP contribution in [0.15, 0.2) is 48.5 Å². The van der Waals surface area contributed by atoms with E-state index in [0.29, 0.717) is 6.61 Å². The molecule has 0 aliphatic carbocycles. The summed E-state index contributed by atoms with van der Waals surface area (Å²) in [6.45, 7) is 2.44. The van der Waals surface area contributed by atoms with E-state index in [-0.39, 0.29) is 11.7 Å². The zero-order valence-electron chi connectivity index (χ0n) is 12.1. The van der Waals surface area contributed by atoms with E-state index in [0.717, 1.165) is 16.9 Å². The van der Waals surface area contributed by atoms with Gasteiger partial charge in [-0.1, -0.05) is 18.2 Å². The molecule has 0 bridgehead atoms. The molecule has 0 spiro atoms. The summed E-state index contributed by atoms with van der Waals surface area (Å²) in [7, 11) is 1.90. The molecule has 0 heterocycles. The summed E-state index contributed by atoms with van der Waals surface area (Å²) in [5, 5.41) is 13.8. The van der Waals surface area contributed by atoms with Gasteiger partial charge >= 0.3 is 0 Å². The molecule has 0 aliphatic rings. The molecule has 2 aromatic carbocycles. The van der Waals surface area contributed by atoms with Gasteiger partial charge in [-0.05, 0) is 37.7 Å². The van der Waals surface area contributed by atoms with Crippen LogP contribution < -0.4 is 10.1 Å². The number of rotatable bonds is 6. The van der Waals surface area contributed by atoms with E-state index in [1.165, 1.54) is 12.1 Å². The first-order chi connectivity index (χ1) is 10.1. The van der Waals surface area contributed by atoms with Gasteiger partial charge in [0.25, 0.3) is 5.69 Å². The van der Waals surface area contributed by atoms with Gasteiger partial charge in [0.15, 0.2) is 0 Å². The van der Waals surface area contributed by atoms with Crippen LogP contribution in [0.1, 0.15) is 24.1 Å². The standard InChI is InChI=1S/C16H18N2O3/c1-12(17-2)15-5-3-4-6-16(15)21-11-13-7-9-14(10-8-13)18(19)20/h3-10,12,17H,11H2,1-2H3. The number of hydrogen-bond acceptors (Lipinski definition) is 4. The zero-order chi connectivity index (χ0) is 15.2. The maximum absolute atomic E-state index is 10.6. The molecule has 0 radical (unpaired) electrons. The molecule has 5 heteroatoms. The molecule has 1 N–H and O–H groups in total. The van der Waals surface area contributed by atoms with E-state index in [2.05, 4.69) is 12.2 Å². The van der Waals surface area contributed by atoms with Crippen LogP contribution in [0.5, 0.6) is 5.75 Å². The minimum atomic E-state index is -0.408. The lowest BCUT2D eigenvalue weighted by Crippen LogP contribution is -2.13. The second-order valence-corrected chi connectivity index (χ2v) is 4.76. The Hall–Kier alpha value is -2.40. The highest BCUT2D eigenvalue weighted by molar-refractivity contribution is 5.36. The Morgan fingerprint density at radius 3 is 2.48 bits per heavy atom. The third-order valence-electron chi connectivity index (χ3n) is 3.36. The summed E-state index contributed by atoms with van der Waals surface area (Å²) in [5.41, 5.74) is 2.07. The third kappa shape index (κ3) is 3.79. The monoisotopic (exact) mass is 286 g/mol. The molecule has 0 aliphatic heterocycles. The minimum absolute atomic E-state index is 0.0861. The summed E-state index contributed by atoms with van der Waals surface area (Å²) in [5.74, 6) is 0.817. The fourth-order valence-corrected chi connectivity index (χ4v) is 2.00. The van der Waals surface area contributed by atoms with Crippen LogP contribution in [0.2, 0.25) is 0 Å². The predicted octanol–water partition coefficient (Wildman–Crippen LogP) is 3.45. The maximum atomic E-state index is 10.6. The van der Waals surface area contributed by atoms with Gasteiger partial charge in [-0.15, -0.1) is 0 Å². The van der Waals surface area contributed by atoms with Crippen LogP contribution in [-0.2, 0) is 6.61 Å². The second kappa shape index (κ2) is 6.85. The first-order valence-corrected chi connectivity index (χ1v) is 6.74. The normalized spacial score (nSPS) is 11.9. The van der Waals surface area contributed by atoms with E-state index in [4.69, 9.17) is 4.74 Å². The number of nitrogens with zero attached hydrogens (tertiary/aromatic N) is 1. The van der Waals surface area contributed by atoms with Crippen molar-refractivity contribution in [2.24, 2.45) is 0 Å². The number of benzene rings is 2. The van der Waals surface area contributed by atoms with Crippen molar-refractivity contribution in [1.29, 1.82) is 0 Å². The minimum Gasteiger partial charge on any atom is -0.489 e. The van der Waals surface area contributed by atoms with Crippen molar-refractivity contribution in [2.75, 3.05) is 7.05 Å². The van der Waals surface area contributed by atoms with Crippen LogP contribution >= 0.6 is 0 Å². The van der Waals surface area contributed by atoms with Crippen LogP contribution in [0, 0.1) is 10.1 Å². The summed E-state index contributed by atoms with van der Waals surface area (Å²) in [6.07, 6.45) is 0. The van der Waals surface area contributed by atoms with Gasteiger partial charge in [-0.25, -0.2) is 0 Å². The lowest BCUT2D eigenvalue weighted by molar-refractivity contribution is -0.384. The molecule has 0 amide bonds. The number of non-ortho nitro benzene ring substituents is 1. The highest BCUT2D eigenvalue weighted by atomic mass is 16.6. The lowest BCUT2D eigenvalue weighted by atomic mass is 10.1. The predicted molar refractivity (Wildman–Crippen MR) is 81.3 cm³/mol. The van der Waals surface area contributed by atoms with Crippen molar-refractivity contribution < 1.29 is 9.66 Å². The van der Waals surface area contributed by atoms with Gasteiger partial charge in [0.2, 0.25) is 0 Å². The van der Waals surface area contributed by atoms with E-state index < -0.39 is 4.92 Å². The fourth-order valence-electron chi connectivity index (χ4n) is 2.00. The van der Waals surface area contributed by atoms with E-state index in [9.17, 15) is 10.1 Å². The molecule has 110 valence electrons. The van der Waals surface area contributed by atoms with Crippen LogP contribution in [0.3, 0.4) is 0 Å². The molecular formula is C16H18N2O3. The number of nitro groups is 1. The van der Waals surface area contributed by atoms with Gasteiger partial charge in [0.1, 0.15) is 12.4 Å². The number of para-hydroxylation sites is 1. The highest BCUT2D eigenvalue weighted by Crippen LogP contribution is 2.25. The van der Waals surface area contributed by atoms with Crippen molar-refractivity contribution in [1.82, 2.24) is 5.32 Å². The molecule has 1 unspecified atom stereocenters. The van der Waals surface area contributed by atoms with Crippen molar-refractivity contribution in [3.63, 3.8) is 0 Å². The van der Waals surface area contributed by atoms with Crippen molar-refractivity contribution >= 4 is 5.69 Å². The average Bonchev–Trinajstić information content (AvgIpc) is 2.52. The topological polar surface area (TPSA) is 64.4 Å². The Balaban J connectivity index is 2.08. The zero-order valence-corrected chi connectivity index (χ0v) is 12.1. The maximum Gasteiger partial charge on any atom is 0.269 e. The highest BCUT2D eigenvalue weighted by Gasteiger charge is 2.10. The molecular weight excluding hydrogens is 268 g/mol. The van der Waals surface area contributed by atoms with Gasteiger partial charge in [-0.2, -0.15) is 0 Å². The number of ether oxygens (including phenoxy) is 1. The number of nitrogens with one attached hydrogen (secondary N) is 1. The Labute approximate surface area is 123 Å². The van der Waals surface area contributed by atoms with Crippen molar-refractivity contribution in [3.05, 3.63) is 69.8 Å². The average molecular weight is 286 g/mol. The summed E-state index contributed by atoms with van der Waals surface area (Å²) in [4.78, 5) is 10.2. The molecule has 0 aromatic heterocycles. The largest absolute Gasteiger partial charge is 0.489 e. The molecule has 1 atom stereocenters. The van der Waals surface area contributed by atoms with E-state index in [1.807, 2.05) is 31.3 Å². The molecule has 2 rings (SSSR count). The van der Waals surface area contributed by atoms with E-state index in [1.54, 1.807) is 12.1 Å². The Morgan fingerprint density at radius 2 is 1.86 bits per heavy atom. The summed E-state index contributed by atoms with van der Waals surface area (Å²) >= 11 is 0. The first-order valence-electron chi connectivity index (χ1n) is 6.74.